The van der Waals surface area contributed by atoms with Crippen molar-refractivity contribution in [3.63, 3.8) is 0 Å². The predicted octanol–water partition coefficient (Wildman–Crippen LogP) is 4.24. The van der Waals surface area contributed by atoms with Crippen molar-refractivity contribution in [2.75, 3.05) is 6.54 Å². The zero-order chi connectivity index (χ0) is 13.0. The van der Waals surface area contributed by atoms with Crippen LogP contribution in [-0.2, 0) is 6.42 Å². The average Bonchev–Trinajstić information content (AvgIpc) is 2.81. The van der Waals surface area contributed by atoms with Crippen LogP contribution < -0.4 is 5.32 Å². The molecule has 2 rings (SSSR count). The molecule has 1 aromatic carbocycles. The highest BCUT2D eigenvalue weighted by Crippen LogP contribution is 2.24. The lowest BCUT2D eigenvalue weighted by Gasteiger charge is -2.20. The number of halogens is 1. The van der Waals surface area contributed by atoms with E-state index in [1.165, 1.54) is 16.7 Å². The maximum Gasteiger partial charge on any atom is 0.0935 e. The summed E-state index contributed by atoms with van der Waals surface area (Å²) in [5.41, 5.74) is 3.88. The molecule has 0 saturated heterocycles. The maximum atomic E-state index is 5.14. The number of rotatable bonds is 5. The summed E-state index contributed by atoms with van der Waals surface area (Å²) in [6.07, 6.45) is 4.50. The average molecular weight is 308 g/mol. The number of nitrogens with one attached hydrogen (secondary N) is 1. The van der Waals surface area contributed by atoms with Crippen LogP contribution in [0.1, 0.15) is 29.7 Å². The molecule has 0 amide bonds. The van der Waals surface area contributed by atoms with E-state index in [1.807, 2.05) is 12.3 Å². The van der Waals surface area contributed by atoms with Crippen LogP contribution in [0.15, 0.2) is 45.7 Å². The summed E-state index contributed by atoms with van der Waals surface area (Å²) in [7, 11) is 0. The quantitative estimate of drug-likeness (QED) is 0.893. The number of hydrogen-bond donors (Lipinski definition) is 1. The summed E-state index contributed by atoms with van der Waals surface area (Å²) in [5, 5.41) is 3.54. The number of likely N-dealkylation sites (N-methyl/N-ethyl adjacent to an activating group) is 1. The van der Waals surface area contributed by atoms with Crippen molar-refractivity contribution in [2.24, 2.45) is 0 Å². The molecule has 0 saturated carbocycles. The summed E-state index contributed by atoms with van der Waals surface area (Å²) in [6, 6.07) is 8.81. The highest BCUT2D eigenvalue weighted by atomic mass is 79.9. The van der Waals surface area contributed by atoms with Gasteiger partial charge in [-0.05, 0) is 54.8 Å². The Morgan fingerprint density at radius 1 is 1.33 bits per heavy atom. The van der Waals surface area contributed by atoms with Crippen LogP contribution in [0.3, 0.4) is 0 Å². The number of hydrogen-bond acceptors (Lipinski definition) is 2. The third kappa shape index (κ3) is 3.24. The SMILES string of the molecule is CCNC(Cc1ccoc1)c1ccc(Br)cc1C. The van der Waals surface area contributed by atoms with Crippen LogP contribution in [0.2, 0.25) is 0 Å². The topological polar surface area (TPSA) is 25.2 Å². The second kappa shape index (κ2) is 6.21. The first-order chi connectivity index (χ1) is 8.70. The van der Waals surface area contributed by atoms with Gasteiger partial charge in [0.15, 0.2) is 0 Å². The second-order valence-corrected chi connectivity index (χ2v) is 5.36. The molecule has 2 aromatic rings. The van der Waals surface area contributed by atoms with Gasteiger partial charge in [-0.3, -0.25) is 0 Å². The minimum atomic E-state index is 0.334. The molecule has 96 valence electrons. The first-order valence-electron chi connectivity index (χ1n) is 6.21. The standard InChI is InChI=1S/C15H18BrNO/c1-3-17-15(9-12-6-7-18-10-12)14-5-4-13(16)8-11(14)2/h4-8,10,15,17H,3,9H2,1-2H3. The van der Waals surface area contributed by atoms with Gasteiger partial charge in [-0.1, -0.05) is 28.9 Å². The minimum absolute atomic E-state index is 0.334. The maximum absolute atomic E-state index is 5.14. The van der Waals surface area contributed by atoms with E-state index in [4.69, 9.17) is 4.42 Å². The second-order valence-electron chi connectivity index (χ2n) is 4.45. The lowest BCUT2D eigenvalue weighted by Crippen LogP contribution is -2.23. The van der Waals surface area contributed by atoms with Gasteiger partial charge in [-0.25, -0.2) is 0 Å². The van der Waals surface area contributed by atoms with Crippen LogP contribution in [0.4, 0.5) is 0 Å². The van der Waals surface area contributed by atoms with Crippen molar-refractivity contribution in [3.8, 4) is 0 Å². The molecule has 0 fully saturated rings. The first-order valence-corrected chi connectivity index (χ1v) is 7.00. The summed E-state index contributed by atoms with van der Waals surface area (Å²) in [4.78, 5) is 0. The van der Waals surface area contributed by atoms with E-state index in [0.29, 0.717) is 6.04 Å². The molecule has 1 atom stereocenters. The van der Waals surface area contributed by atoms with E-state index >= 15 is 0 Å². The smallest absolute Gasteiger partial charge is 0.0935 e. The Balaban J connectivity index is 2.23. The van der Waals surface area contributed by atoms with Crippen LogP contribution in [0, 0.1) is 6.92 Å². The molecule has 0 aliphatic rings. The van der Waals surface area contributed by atoms with Crippen LogP contribution in [0.25, 0.3) is 0 Å². The molecule has 3 heteroatoms. The Hall–Kier alpha value is -1.06. The third-order valence-electron chi connectivity index (χ3n) is 3.08. The van der Waals surface area contributed by atoms with Gasteiger partial charge in [0.1, 0.15) is 0 Å². The molecule has 0 spiro atoms. The molecular formula is C15H18BrNO. The molecule has 1 heterocycles. The summed E-state index contributed by atoms with van der Waals surface area (Å²) in [5.74, 6) is 0. The largest absolute Gasteiger partial charge is 0.472 e. The van der Waals surface area contributed by atoms with Crippen LogP contribution in [0.5, 0.6) is 0 Å². The molecule has 1 aromatic heterocycles. The van der Waals surface area contributed by atoms with E-state index in [1.54, 1.807) is 6.26 Å². The van der Waals surface area contributed by atoms with Gasteiger partial charge < -0.3 is 9.73 Å². The minimum Gasteiger partial charge on any atom is -0.472 e. The van der Waals surface area contributed by atoms with Gasteiger partial charge in [0.2, 0.25) is 0 Å². The van der Waals surface area contributed by atoms with Gasteiger partial charge in [-0.2, -0.15) is 0 Å². The number of aryl methyl sites for hydroxylation is 1. The Morgan fingerprint density at radius 3 is 2.78 bits per heavy atom. The molecule has 0 aliphatic heterocycles. The molecule has 1 N–H and O–H groups in total. The van der Waals surface area contributed by atoms with E-state index in [9.17, 15) is 0 Å². The zero-order valence-corrected chi connectivity index (χ0v) is 12.3. The van der Waals surface area contributed by atoms with E-state index in [2.05, 4.69) is 53.3 Å². The number of benzene rings is 1. The van der Waals surface area contributed by atoms with Crippen LogP contribution >= 0.6 is 15.9 Å². The van der Waals surface area contributed by atoms with E-state index in [-0.39, 0.29) is 0 Å². The lowest BCUT2D eigenvalue weighted by atomic mass is 9.96. The van der Waals surface area contributed by atoms with E-state index in [0.717, 1.165) is 17.4 Å². The van der Waals surface area contributed by atoms with Crippen molar-refractivity contribution in [1.82, 2.24) is 5.32 Å². The Kier molecular flexibility index (Phi) is 4.61. The molecule has 0 aliphatic carbocycles. The predicted molar refractivity (Wildman–Crippen MR) is 77.7 cm³/mol. The van der Waals surface area contributed by atoms with Crippen molar-refractivity contribution < 1.29 is 4.42 Å². The van der Waals surface area contributed by atoms with Crippen molar-refractivity contribution in [1.29, 1.82) is 0 Å². The monoisotopic (exact) mass is 307 g/mol. The lowest BCUT2D eigenvalue weighted by molar-refractivity contribution is 0.533. The van der Waals surface area contributed by atoms with Gasteiger partial charge in [0.05, 0.1) is 12.5 Å². The Bertz CT molecular complexity index is 493. The molecule has 2 nitrogen and oxygen atoms in total. The fourth-order valence-corrected chi connectivity index (χ4v) is 2.69. The van der Waals surface area contributed by atoms with Gasteiger partial charge >= 0.3 is 0 Å². The van der Waals surface area contributed by atoms with Gasteiger partial charge in [0.25, 0.3) is 0 Å². The normalized spacial score (nSPS) is 12.6. The van der Waals surface area contributed by atoms with Gasteiger partial charge in [0, 0.05) is 10.5 Å². The van der Waals surface area contributed by atoms with E-state index < -0.39 is 0 Å². The van der Waals surface area contributed by atoms with Crippen molar-refractivity contribution >= 4 is 15.9 Å². The highest BCUT2D eigenvalue weighted by molar-refractivity contribution is 9.10. The van der Waals surface area contributed by atoms with Crippen molar-refractivity contribution in [3.05, 3.63) is 58.0 Å². The molecule has 0 radical (unpaired) electrons. The van der Waals surface area contributed by atoms with Crippen LogP contribution in [-0.4, -0.2) is 6.54 Å². The fourth-order valence-electron chi connectivity index (χ4n) is 2.21. The summed E-state index contributed by atoms with van der Waals surface area (Å²) in [6.45, 7) is 5.24. The van der Waals surface area contributed by atoms with Gasteiger partial charge in [-0.15, -0.1) is 0 Å². The molecular weight excluding hydrogens is 290 g/mol. The first kappa shape index (κ1) is 13.4. The summed E-state index contributed by atoms with van der Waals surface area (Å²) < 4.78 is 6.27. The molecule has 18 heavy (non-hydrogen) atoms. The Labute approximate surface area is 117 Å². The third-order valence-corrected chi connectivity index (χ3v) is 3.57. The molecule has 1 unspecified atom stereocenters. The number of furan rings is 1. The fraction of sp³-hybridized carbons (Fsp3) is 0.333. The summed E-state index contributed by atoms with van der Waals surface area (Å²) >= 11 is 3.51. The zero-order valence-electron chi connectivity index (χ0n) is 10.7. The van der Waals surface area contributed by atoms with Crippen molar-refractivity contribution in [2.45, 2.75) is 26.3 Å². The Morgan fingerprint density at radius 2 is 2.17 bits per heavy atom. The highest BCUT2D eigenvalue weighted by Gasteiger charge is 2.14. The molecule has 0 bridgehead atoms.